The third-order valence-electron chi connectivity index (χ3n) is 4.03. The number of nitrogens with zero attached hydrogens (tertiary/aromatic N) is 1. The second-order valence-corrected chi connectivity index (χ2v) is 6.69. The maximum Gasteiger partial charge on any atom is 0.323 e. The van der Waals surface area contributed by atoms with Crippen molar-refractivity contribution in [3.8, 4) is 0 Å². The molecule has 0 fully saturated rings. The van der Waals surface area contributed by atoms with Crippen LogP contribution in [-0.2, 0) is 28.7 Å². The fourth-order valence-electron chi connectivity index (χ4n) is 2.40. The number of carbonyl (C=O) groups is 5. The fourth-order valence-corrected chi connectivity index (χ4v) is 2.40. The minimum absolute atomic E-state index is 0.105. The lowest BCUT2D eigenvalue weighted by Crippen LogP contribution is -2.38. The van der Waals surface area contributed by atoms with Crippen LogP contribution in [0.2, 0.25) is 0 Å². The number of rotatable bonds is 10. The van der Waals surface area contributed by atoms with Gasteiger partial charge >= 0.3 is 17.9 Å². The number of aliphatic carboxylic acids is 2. The molecule has 0 spiro atoms. The first-order chi connectivity index (χ1) is 12.0. The molecular formula is C17H23NO8. The molecule has 0 bridgehead atoms. The average molecular weight is 369 g/mol. The topological polar surface area (TPSA) is 138 Å². The van der Waals surface area contributed by atoms with Crippen LogP contribution in [0.3, 0.4) is 0 Å². The average Bonchev–Trinajstić information content (AvgIpc) is 2.80. The van der Waals surface area contributed by atoms with Crippen molar-refractivity contribution in [3.63, 3.8) is 0 Å². The molecule has 1 heterocycles. The van der Waals surface area contributed by atoms with E-state index in [0.717, 1.165) is 12.5 Å². The van der Waals surface area contributed by atoms with Gasteiger partial charge in [-0.2, -0.15) is 0 Å². The van der Waals surface area contributed by atoms with Gasteiger partial charge in [0, 0.05) is 11.6 Å². The van der Waals surface area contributed by atoms with Gasteiger partial charge in [-0.3, -0.25) is 28.9 Å². The standard InChI is InChI=1S/C17H23NO8/c1-4-5-6-26-15(23)11(8-17(2,3)16(24)25)10-7-12(19)18(14(10)22)9-13(20)21/h7,11H,4-6,8-9H2,1-3H3,(H,20,21)(H,24,25). The number of amides is 2. The van der Waals surface area contributed by atoms with Crippen LogP contribution >= 0.6 is 0 Å². The zero-order valence-electron chi connectivity index (χ0n) is 15.0. The predicted octanol–water partition coefficient (Wildman–Crippen LogP) is 0.827. The first kappa shape index (κ1) is 21.3. The Balaban J connectivity index is 3.12. The number of hydrogen-bond acceptors (Lipinski definition) is 6. The van der Waals surface area contributed by atoms with E-state index in [9.17, 15) is 29.1 Å². The molecule has 1 rings (SSSR count). The van der Waals surface area contributed by atoms with Crippen LogP contribution in [0.4, 0.5) is 0 Å². The molecule has 144 valence electrons. The Labute approximate surface area is 150 Å². The highest BCUT2D eigenvalue weighted by Gasteiger charge is 2.43. The van der Waals surface area contributed by atoms with Gasteiger partial charge in [-0.05, 0) is 26.7 Å². The third kappa shape index (κ3) is 5.14. The first-order valence-electron chi connectivity index (χ1n) is 8.20. The van der Waals surface area contributed by atoms with Crippen LogP contribution in [0.1, 0.15) is 40.0 Å². The molecule has 1 aliphatic rings. The number of carboxylic acid groups (broad SMARTS) is 2. The molecule has 0 aromatic rings. The van der Waals surface area contributed by atoms with Crippen molar-refractivity contribution in [1.29, 1.82) is 0 Å². The molecule has 26 heavy (non-hydrogen) atoms. The van der Waals surface area contributed by atoms with Crippen LogP contribution in [0.25, 0.3) is 0 Å². The summed E-state index contributed by atoms with van der Waals surface area (Å²) < 4.78 is 5.11. The predicted molar refractivity (Wildman–Crippen MR) is 87.8 cm³/mol. The van der Waals surface area contributed by atoms with Crippen LogP contribution in [-0.4, -0.2) is 58.0 Å². The van der Waals surface area contributed by atoms with Gasteiger partial charge in [0.1, 0.15) is 6.54 Å². The van der Waals surface area contributed by atoms with Crippen molar-refractivity contribution < 1.29 is 38.9 Å². The molecule has 0 aromatic carbocycles. The quantitative estimate of drug-likeness (QED) is 0.328. The number of esters is 1. The molecule has 1 aliphatic heterocycles. The summed E-state index contributed by atoms with van der Waals surface area (Å²) in [6.45, 7) is 3.94. The maximum absolute atomic E-state index is 12.4. The van der Waals surface area contributed by atoms with E-state index in [1.807, 2.05) is 6.92 Å². The Morgan fingerprint density at radius 1 is 1.23 bits per heavy atom. The summed E-state index contributed by atoms with van der Waals surface area (Å²) in [5.74, 6) is -6.41. The molecule has 0 aromatic heterocycles. The van der Waals surface area contributed by atoms with Gasteiger partial charge in [0.2, 0.25) is 0 Å². The van der Waals surface area contributed by atoms with E-state index in [-0.39, 0.29) is 18.6 Å². The monoisotopic (exact) mass is 369 g/mol. The van der Waals surface area contributed by atoms with Crippen LogP contribution in [0.5, 0.6) is 0 Å². The Kier molecular flexibility index (Phi) is 7.05. The number of unbranched alkanes of at least 4 members (excludes halogenated alkanes) is 1. The summed E-state index contributed by atoms with van der Waals surface area (Å²) in [6.07, 6.45) is 1.98. The number of carboxylic acids is 2. The van der Waals surface area contributed by atoms with E-state index in [1.54, 1.807) is 0 Å². The highest BCUT2D eigenvalue weighted by Crippen LogP contribution is 2.33. The van der Waals surface area contributed by atoms with Gasteiger partial charge in [0.25, 0.3) is 11.8 Å². The smallest absolute Gasteiger partial charge is 0.323 e. The number of ether oxygens (including phenoxy) is 1. The zero-order valence-corrected chi connectivity index (χ0v) is 15.0. The summed E-state index contributed by atoms with van der Waals surface area (Å²) >= 11 is 0. The summed E-state index contributed by atoms with van der Waals surface area (Å²) in [7, 11) is 0. The lowest BCUT2D eigenvalue weighted by atomic mass is 9.79. The molecule has 9 nitrogen and oxygen atoms in total. The number of imide groups is 1. The molecule has 1 atom stereocenters. The Morgan fingerprint density at radius 2 is 1.85 bits per heavy atom. The minimum atomic E-state index is -1.38. The lowest BCUT2D eigenvalue weighted by molar-refractivity contribution is -0.154. The van der Waals surface area contributed by atoms with E-state index in [2.05, 4.69) is 0 Å². The van der Waals surface area contributed by atoms with E-state index < -0.39 is 47.6 Å². The van der Waals surface area contributed by atoms with Crippen LogP contribution < -0.4 is 0 Å². The molecule has 0 aliphatic carbocycles. The second kappa shape index (κ2) is 8.59. The molecule has 0 saturated carbocycles. The Bertz CT molecular complexity index is 649. The molecule has 9 heteroatoms. The lowest BCUT2D eigenvalue weighted by Gasteiger charge is -2.25. The maximum atomic E-state index is 12.4. The zero-order chi connectivity index (χ0) is 20.1. The summed E-state index contributed by atoms with van der Waals surface area (Å²) in [5.41, 5.74) is -1.61. The summed E-state index contributed by atoms with van der Waals surface area (Å²) in [6, 6.07) is 0. The van der Waals surface area contributed by atoms with Gasteiger partial charge in [-0.15, -0.1) is 0 Å². The molecule has 0 saturated heterocycles. The van der Waals surface area contributed by atoms with E-state index in [0.29, 0.717) is 11.3 Å². The number of carbonyl (C=O) groups excluding carboxylic acids is 3. The van der Waals surface area contributed by atoms with Crippen molar-refractivity contribution >= 4 is 29.7 Å². The van der Waals surface area contributed by atoms with Gasteiger partial charge < -0.3 is 14.9 Å². The molecular weight excluding hydrogens is 346 g/mol. The summed E-state index contributed by atoms with van der Waals surface area (Å²) in [4.78, 5) is 59.5. The highest BCUT2D eigenvalue weighted by molar-refractivity contribution is 6.19. The highest BCUT2D eigenvalue weighted by atomic mass is 16.5. The molecule has 0 radical (unpaired) electrons. The molecule has 2 amide bonds. The second-order valence-electron chi connectivity index (χ2n) is 6.69. The van der Waals surface area contributed by atoms with Gasteiger partial charge in [-0.25, -0.2) is 0 Å². The van der Waals surface area contributed by atoms with Crippen LogP contribution in [0, 0.1) is 11.3 Å². The van der Waals surface area contributed by atoms with Crippen molar-refractivity contribution in [1.82, 2.24) is 4.90 Å². The first-order valence-corrected chi connectivity index (χ1v) is 8.20. The Morgan fingerprint density at radius 3 is 2.35 bits per heavy atom. The third-order valence-corrected chi connectivity index (χ3v) is 4.03. The van der Waals surface area contributed by atoms with E-state index in [1.165, 1.54) is 13.8 Å². The Hall–Kier alpha value is -2.71. The van der Waals surface area contributed by atoms with Gasteiger partial charge in [0.15, 0.2) is 0 Å². The van der Waals surface area contributed by atoms with Crippen molar-refractivity contribution in [2.75, 3.05) is 13.2 Å². The largest absolute Gasteiger partial charge is 0.481 e. The normalized spacial score (nSPS) is 15.7. The van der Waals surface area contributed by atoms with Gasteiger partial charge in [0.05, 0.1) is 17.9 Å². The van der Waals surface area contributed by atoms with E-state index >= 15 is 0 Å². The van der Waals surface area contributed by atoms with Gasteiger partial charge in [-0.1, -0.05) is 13.3 Å². The van der Waals surface area contributed by atoms with Crippen molar-refractivity contribution in [2.45, 2.75) is 40.0 Å². The summed E-state index contributed by atoms with van der Waals surface area (Å²) in [5, 5.41) is 18.1. The van der Waals surface area contributed by atoms with Crippen LogP contribution in [0.15, 0.2) is 11.6 Å². The van der Waals surface area contributed by atoms with E-state index in [4.69, 9.17) is 9.84 Å². The molecule has 1 unspecified atom stereocenters. The van der Waals surface area contributed by atoms with Crippen molar-refractivity contribution in [3.05, 3.63) is 11.6 Å². The SMILES string of the molecule is CCCCOC(=O)C(CC(C)(C)C(=O)O)C1=CC(=O)N(CC(=O)O)C1=O. The molecule has 2 N–H and O–H groups in total. The fraction of sp³-hybridized carbons (Fsp3) is 0.588. The number of hydrogen-bond donors (Lipinski definition) is 2. The minimum Gasteiger partial charge on any atom is -0.481 e. The van der Waals surface area contributed by atoms with Crippen molar-refractivity contribution in [2.24, 2.45) is 11.3 Å².